The monoisotopic (exact) mass is 219 g/mol. The van der Waals surface area contributed by atoms with Gasteiger partial charge in [-0.2, -0.15) is 0 Å². The van der Waals surface area contributed by atoms with Crippen molar-refractivity contribution in [2.75, 3.05) is 19.8 Å². The van der Waals surface area contributed by atoms with Gasteiger partial charge in [-0.1, -0.05) is 30.3 Å². The highest BCUT2D eigenvalue weighted by Gasteiger charge is 2.15. The summed E-state index contributed by atoms with van der Waals surface area (Å²) in [6, 6.07) is 11.1. The van der Waals surface area contributed by atoms with Gasteiger partial charge in [0, 0.05) is 19.3 Å². The van der Waals surface area contributed by atoms with Crippen molar-refractivity contribution in [3.05, 3.63) is 35.9 Å². The Morgan fingerprint density at radius 3 is 2.88 bits per heavy atom. The van der Waals surface area contributed by atoms with Gasteiger partial charge in [-0.25, -0.2) is 0 Å². The Labute approximate surface area is 98.0 Å². The highest BCUT2D eigenvalue weighted by molar-refractivity contribution is 5.17. The molecule has 1 heterocycles. The summed E-state index contributed by atoms with van der Waals surface area (Å²) in [5.41, 5.74) is 1.37. The fourth-order valence-electron chi connectivity index (χ4n) is 2.17. The molecule has 0 bridgehead atoms. The number of benzene rings is 1. The van der Waals surface area contributed by atoms with Gasteiger partial charge in [0.2, 0.25) is 0 Å². The summed E-state index contributed by atoms with van der Waals surface area (Å²) in [5.74, 6) is 0.774. The number of nitrogens with one attached hydrogen (secondary N) is 1. The van der Waals surface area contributed by atoms with Crippen molar-refractivity contribution in [1.29, 1.82) is 0 Å². The molecule has 1 aliphatic heterocycles. The minimum absolute atomic E-state index is 0.448. The van der Waals surface area contributed by atoms with E-state index in [2.05, 4.69) is 42.6 Å². The van der Waals surface area contributed by atoms with Crippen molar-refractivity contribution < 1.29 is 4.74 Å². The zero-order chi connectivity index (χ0) is 11.2. The van der Waals surface area contributed by atoms with Crippen LogP contribution in [-0.2, 0) is 4.74 Å². The Balaban J connectivity index is 1.69. The van der Waals surface area contributed by atoms with E-state index in [-0.39, 0.29) is 0 Å². The Hall–Kier alpha value is -0.860. The van der Waals surface area contributed by atoms with Crippen molar-refractivity contribution in [2.45, 2.75) is 25.8 Å². The summed E-state index contributed by atoms with van der Waals surface area (Å²) in [4.78, 5) is 0. The van der Waals surface area contributed by atoms with E-state index in [1.54, 1.807) is 0 Å². The van der Waals surface area contributed by atoms with Gasteiger partial charge in [0.15, 0.2) is 0 Å². The highest BCUT2D eigenvalue weighted by atomic mass is 16.5. The first-order chi connectivity index (χ1) is 7.86. The Morgan fingerprint density at radius 1 is 1.38 bits per heavy atom. The van der Waals surface area contributed by atoms with Gasteiger partial charge in [0.1, 0.15) is 0 Å². The smallest absolute Gasteiger partial charge is 0.0495 e. The topological polar surface area (TPSA) is 21.3 Å². The van der Waals surface area contributed by atoms with Crippen LogP contribution in [0.1, 0.15) is 31.4 Å². The van der Waals surface area contributed by atoms with E-state index >= 15 is 0 Å². The van der Waals surface area contributed by atoms with E-state index in [0.29, 0.717) is 6.04 Å². The van der Waals surface area contributed by atoms with E-state index in [4.69, 9.17) is 4.74 Å². The van der Waals surface area contributed by atoms with E-state index in [1.165, 1.54) is 18.4 Å². The minimum atomic E-state index is 0.448. The molecular formula is C14H21NO. The van der Waals surface area contributed by atoms with Gasteiger partial charge in [0.05, 0.1) is 0 Å². The molecule has 1 fully saturated rings. The van der Waals surface area contributed by atoms with E-state index < -0.39 is 0 Å². The summed E-state index contributed by atoms with van der Waals surface area (Å²) in [5, 5.41) is 3.57. The molecule has 1 saturated heterocycles. The number of hydrogen-bond donors (Lipinski definition) is 1. The van der Waals surface area contributed by atoms with Crippen molar-refractivity contribution in [3.63, 3.8) is 0 Å². The Morgan fingerprint density at radius 2 is 2.19 bits per heavy atom. The number of rotatable bonds is 5. The molecule has 2 atom stereocenters. The summed E-state index contributed by atoms with van der Waals surface area (Å²) in [6.07, 6.45) is 2.47. The molecule has 2 rings (SSSR count). The van der Waals surface area contributed by atoms with Crippen molar-refractivity contribution in [1.82, 2.24) is 5.32 Å². The average Bonchev–Trinajstić information content (AvgIpc) is 2.83. The summed E-state index contributed by atoms with van der Waals surface area (Å²) in [7, 11) is 0. The molecule has 0 aromatic heterocycles. The van der Waals surface area contributed by atoms with Crippen LogP contribution in [0.4, 0.5) is 0 Å². The molecule has 2 heteroatoms. The van der Waals surface area contributed by atoms with Gasteiger partial charge in [0.25, 0.3) is 0 Å². The third kappa shape index (κ3) is 3.32. The minimum Gasteiger partial charge on any atom is -0.381 e. The largest absolute Gasteiger partial charge is 0.381 e. The molecule has 0 aliphatic carbocycles. The second kappa shape index (κ2) is 6.02. The zero-order valence-electron chi connectivity index (χ0n) is 9.99. The second-order valence-corrected chi connectivity index (χ2v) is 4.60. The third-order valence-corrected chi connectivity index (χ3v) is 3.33. The lowest BCUT2D eigenvalue weighted by atomic mass is 10.0. The van der Waals surface area contributed by atoms with Gasteiger partial charge >= 0.3 is 0 Å². The lowest BCUT2D eigenvalue weighted by molar-refractivity contribution is 0.184. The van der Waals surface area contributed by atoms with Crippen LogP contribution in [0.5, 0.6) is 0 Å². The fraction of sp³-hybridized carbons (Fsp3) is 0.571. The molecule has 0 radical (unpaired) electrons. The molecule has 1 aromatic carbocycles. The Kier molecular flexibility index (Phi) is 4.37. The highest BCUT2D eigenvalue weighted by Crippen LogP contribution is 2.16. The van der Waals surface area contributed by atoms with Gasteiger partial charge in [-0.3, -0.25) is 0 Å². The number of hydrogen-bond acceptors (Lipinski definition) is 2. The first-order valence-corrected chi connectivity index (χ1v) is 6.22. The van der Waals surface area contributed by atoms with Crippen LogP contribution in [-0.4, -0.2) is 19.8 Å². The van der Waals surface area contributed by atoms with Crippen LogP contribution in [0.2, 0.25) is 0 Å². The molecule has 1 aromatic rings. The fourth-order valence-corrected chi connectivity index (χ4v) is 2.17. The maximum Gasteiger partial charge on any atom is 0.0495 e. The molecular weight excluding hydrogens is 198 g/mol. The maximum atomic E-state index is 5.37. The standard InChI is InChI=1S/C14H21NO/c1-12(14-5-3-2-4-6-14)15-9-7-13-8-10-16-11-13/h2-6,12-13,15H,7-11H2,1H3. The zero-order valence-corrected chi connectivity index (χ0v) is 9.99. The maximum absolute atomic E-state index is 5.37. The van der Waals surface area contributed by atoms with Gasteiger partial charge < -0.3 is 10.1 Å². The first kappa shape index (κ1) is 11.6. The van der Waals surface area contributed by atoms with Crippen molar-refractivity contribution in [2.24, 2.45) is 5.92 Å². The molecule has 1 aliphatic rings. The molecule has 1 N–H and O–H groups in total. The van der Waals surface area contributed by atoms with Crippen LogP contribution in [0.15, 0.2) is 30.3 Å². The normalized spacial score (nSPS) is 22.2. The second-order valence-electron chi connectivity index (χ2n) is 4.60. The first-order valence-electron chi connectivity index (χ1n) is 6.22. The van der Waals surface area contributed by atoms with Gasteiger partial charge in [-0.05, 0) is 37.8 Å². The molecule has 16 heavy (non-hydrogen) atoms. The van der Waals surface area contributed by atoms with Crippen molar-refractivity contribution in [3.8, 4) is 0 Å². The van der Waals surface area contributed by atoms with Crippen LogP contribution in [0.25, 0.3) is 0 Å². The van der Waals surface area contributed by atoms with E-state index in [0.717, 1.165) is 25.7 Å². The predicted molar refractivity (Wildman–Crippen MR) is 66.4 cm³/mol. The van der Waals surface area contributed by atoms with Crippen LogP contribution in [0.3, 0.4) is 0 Å². The van der Waals surface area contributed by atoms with Crippen LogP contribution < -0.4 is 5.32 Å². The summed E-state index contributed by atoms with van der Waals surface area (Å²) >= 11 is 0. The third-order valence-electron chi connectivity index (χ3n) is 3.33. The van der Waals surface area contributed by atoms with Crippen molar-refractivity contribution >= 4 is 0 Å². The SMILES string of the molecule is CC(NCCC1CCOC1)c1ccccc1. The van der Waals surface area contributed by atoms with E-state index in [1.807, 2.05) is 0 Å². The summed E-state index contributed by atoms with van der Waals surface area (Å²) < 4.78 is 5.37. The van der Waals surface area contributed by atoms with Crippen LogP contribution >= 0.6 is 0 Å². The predicted octanol–water partition coefficient (Wildman–Crippen LogP) is 2.76. The average molecular weight is 219 g/mol. The molecule has 2 nitrogen and oxygen atoms in total. The van der Waals surface area contributed by atoms with Crippen LogP contribution in [0, 0.1) is 5.92 Å². The number of ether oxygens (including phenoxy) is 1. The molecule has 0 saturated carbocycles. The molecule has 2 unspecified atom stereocenters. The quantitative estimate of drug-likeness (QED) is 0.822. The molecule has 0 spiro atoms. The lowest BCUT2D eigenvalue weighted by Gasteiger charge is -2.15. The summed E-state index contributed by atoms with van der Waals surface area (Å²) in [6.45, 7) is 5.23. The van der Waals surface area contributed by atoms with E-state index in [9.17, 15) is 0 Å². The Bertz CT molecular complexity index is 293. The lowest BCUT2D eigenvalue weighted by Crippen LogP contribution is -2.22. The molecule has 0 amide bonds. The molecule has 88 valence electrons. The van der Waals surface area contributed by atoms with Gasteiger partial charge in [-0.15, -0.1) is 0 Å².